The third kappa shape index (κ3) is 4.47. The largest absolute Gasteiger partial charge is 0.318 e. The molecule has 0 aromatic heterocycles. The van der Waals surface area contributed by atoms with Gasteiger partial charge in [-0.05, 0) is 48.9 Å². The third-order valence-corrected chi connectivity index (χ3v) is 3.69. The van der Waals surface area contributed by atoms with Gasteiger partial charge < -0.3 is 10.6 Å². The van der Waals surface area contributed by atoms with E-state index in [0.29, 0.717) is 21.4 Å². The Hall–Kier alpha value is -1.56. The van der Waals surface area contributed by atoms with Crippen molar-refractivity contribution in [3.63, 3.8) is 0 Å². The van der Waals surface area contributed by atoms with Crippen LogP contribution in [0, 0.1) is 6.92 Å². The van der Waals surface area contributed by atoms with Gasteiger partial charge in [0.15, 0.2) is 0 Å². The first-order chi connectivity index (χ1) is 10.3. The van der Waals surface area contributed by atoms with Crippen LogP contribution in [-0.2, 0) is 9.59 Å². The quantitative estimate of drug-likeness (QED) is 0.720. The van der Waals surface area contributed by atoms with Crippen molar-refractivity contribution in [2.24, 2.45) is 0 Å². The number of benzene rings is 2. The van der Waals surface area contributed by atoms with Crippen molar-refractivity contribution in [1.82, 2.24) is 0 Å². The van der Waals surface area contributed by atoms with E-state index in [0.717, 1.165) is 10.0 Å². The predicted octanol–water partition coefficient (Wildman–Crippen LogP) is 4.64. The maximum Gasteiger partial charge on any atom is 0.314 e. The summed E-state index contributed by atoms with van der Waals surface area (Å²) in [5, 5.41) is 5.73. The summed E-state index contributed by atoms with van der Waals surface area (Å²) < 4.78 is 0.890. The second-order valence-corrected chi connectivity index (χ2v) is 6.31. The molecule has 0 spiro atoms. The van der Waals surface area contributed by atoms with Crippen molar-refractivity contribution in [1.29, 1.82) is 0 Å². The van der Waals surface area contributed by atoms with Gasteiger partial charge in [0.1, 0.15) is 0 Å². The minimum absolute atomic E-state index is 0.352. The minimum Gasteiger partial charge on any atom is -0.318 e. The van der Waals surface area contributed by atoms with Crippen molar-refractivity contribution >= 4 is 62.3 Å². The van der Waals surface area contributed by atoms with Crippen LogP contribution in [0.2, 0.25) is 10.0 Å². The number of hydrogen-bond donors (Lipinski definition) is 2. The van der Waals surface area contributed by atoms with Crippen LogP contribution in [0.25, 0.3) is 0 Å². The van der Waals surface area contributed by atoms with Crippen molar-refractivity contribution in [2.75, 3.05) is 10.6 Å². The second-order valence-electron chi connectivity index (χ2n) is 4.53. The predicted molar refractivity (Wildman–Crippen MR) is 92.6 cm³/mol. The molecule has 0 saturated carbocycles. The lowest BCUT2D eigenvalue weighted by Gasteiger charge is -2.09. The molecule has 4 nitrogen and oxygen atoms in total. The number of carbonyl (C=O) groups is 2. The van der Waals surface area contributed by atoms with Crippen LogP contribution >= 0.6 is 39.1 Å². The van der Waals surface area contributed by atoms with Gasteiger partial charge in [-0.25, -0.2) is 0 Å². The number of aryl methyl sites for hydroxylation is 1. The zero-order valence-electron chi connectivity index (χ0n) is 11.4. The summed E-state index contributed by atoms with van der Waals surface area (Å²) in [5.74, 6) is -1.58. The maximum absolute atomic E-state index is 11.9. The van der Waals surface area contributed by atoms with Crippen LogP contribution in [0.15, 0.2) is 40.9 Å². The van der Waals surface area contributed by atoms with E-state index in [4.69, 9.17) is 23.2 Å². The summed E-state index contributed by atoms with van der Waals surface area (Å²) in [6.45, 7) is 1.83. The fourth-order valence-electron chi connectivity index (χ4n) is 1.76. The lowest BCUT2D eigenvalue weighted by Crippen LogP contribution is -2.29. The van der Waals surface area contributed by atoms with Crippen LogP contribution in [0.1, 0.15) is 5.56 Å². The molecule has 2 N–H and O–H groups in total. The second kappa shape index (κ2) is 7.13. The first kappa shape index (κ1) is 16.8. The molecule has 0 unspecified atom stereocenters. The highest BCUT2D eigenvalue weighted by molar-refractivity contribution is 9.10. The summed E-state index contributed by atoms with van der Waals surface area (Å²) in [7, 11) is 0. The maximum atomic E-state index is 11.9. The first-order valence-corrected chi connectivity index (χ1v) is 7.74. The van der Waals surface area contributed by atoms with Crippen molar-refractivity contribution in [2.45, 2.75) is 6.92 Å². The molecule has 114 valence electrons. The average molecular weight is 402 g/mol. The summed E-state index contributed by atoms with van der Waals surface area (Å²) in [5.41, 5.74) is 1.75. The van der Waals surface area contributed by atoms with Crippen LogP contribution in [0.3, 0.4) is 0 Å². The highest BCUT2D eigenvalue weighted by atomic mass is 79.9. The Morgan fingerprint density at radius 2 is 1.55 bits per heavy atom. The Morgan fingerprint density at radius 1 is 0.955 bits per heavy atom. The molecule has 2 amide bonds. The van der Waals surface area contributed by atoms with Crippen molar-refractivity contribution in [3.05, 3.63) is 56.5 Å². The third-order valence-electron chi connectivity index (χ3n) is 2.76. The summed E-state index contributed by atoms with van der Waals surface area (Å²) in [6, 6.07) is 9.86. The molecule has 22 heavy (non-hydrogen) atoms. The molecule has 0 atom stereocenters. The molecular weight excluding hydrogens is 391 g/mol. The van der Waals surface area contributed by atoms with E-state index in [1.807, 2.05) is 13.0 Å². The fraction of sp³-hybridized carbons (Fsp3) is 0.0667. The van der Waals surface area contributed by atoms with Crippen LogP contribution in [0.4, 0.5) is 11.4 Å². The molecule has 0 bridgehead atoms. The van der Waals surface area contributed by atoms with Gasteiger partial charge in [0, 0.05) is 25.9 Å². The average Bonchev–Trinajstić information content (AvgIpc) is 2.40. The normalized spacial score (nSPS) is 10.2. The standard InChI is InChI=1S/C15H11BrCl2N2O2/c1-8-4-9(16)2-3-13(8)20-15(22)14(21)19-12-6-10(17)5-11(18)7-12/h2-7H,1H3,(H,19,21)(H,20,22). The fourth-order valence-corrected chi connectivity index (χ4v) is 2.76. The SMILES string of the molecule is Cc1cc(Br)ccc1NC(=O)C(=O)Nc1cc(Cl)cc(Cl)c1. The van der Waals surface area contributed by atoms with Gasteiger partial charge in [0.2, 0.25) is 0 Å². The van der Waals surface area contributed by atoms with Gasteiger partial charge in [0.25, 0.3) is 0 Å². The zero-order chi connectivity index (χ0) is 16.3. The summed E-state index contributed by atoms with van der Waals surface area (Å²) in [6.07, 6.45) is 0. The molecule has 0 radical (unpaired) electrons. The molecule has 2 rings (SSSR count). The Balaban J connectivity index is 2.07. The molecule has 0 aliphatic rings. The number of carbonyl (C=O) groups excluding carboxylic acids is 2. The molecule has 0 fully saturated rings. The molecule has 0 saturated heterocycles. The van der Waals surface area contributed by atoms with E-state index in [2.05, 4.69) is 26.6 Å². The highest BCUT2D eigenvalue weighted by Crippen LogP contribution is 2.23. The van der Waals surface area contributed by atoms with Crippen LogP contribution in [0.5, 0.6) is 0 Å². The summed E-state index contributed by atoms with van der Waals surface area (Å²) >= 11 is 15.0. The summed E-state index contributed by atoms with van der Waals surface area (Å²) in [4.78, 5) is 23.8. The molecule has 2 aromatic rings. The number of halogens is 3. The lowest BCUT2D eigenvalue weighted by atomic mass is 10.2. The Morgan fingerprint density at radius 3 is 2.14 bits per heavy atom. The van der Waals surface area contributed by atoms with Gasteiger partial charge in [-0.15, -0.1) is 0 Å². The van der Waals surface area contributed by atoms with E-state index < -0.39 is 11.8 Å². The Kier molecular flexibility index (Phi) is 5.45. The van der Waals surface area contributed by atoms with Crippen LogP contribution < -0.4 is 10.6 Å². The Bertz CT molecular complexity index is 730. The lowest BCUT2D eigenvalue weighted by molar-refractivity contribution is -0.133. The molecule has 7 heteroatoms. The minimum atomic E-state index is -0.805. The topological polar surface area (TPSA) is 58.2 Å². The smallest absolute Gasteiger partial charge is 0.314 e. The molecule has 0 aliphatic heterocycles. The highest BCUT2D eigenvalue weighted by Gasteiger charge is 2.15. The Labute approximate surface area is 145 Å². The van der Waals surface area contributed by atoms with Crippen molar-refractivity contribution < 1.29 is 9.59 Å². The number of nitrogens with one attached hydrogen (secondary N) is 2. The zero-order valence-corrected chi connectivity index (χ0v) is 14.5. The number of anilines is 2. The van der Waals surface area contributed by atoms with E-state index in [9.17, 15) is 9.59 Å². The van der Waals surface area contributed by atoms with Gasteiger partial charge in [0.05, 0.1) is 0 Å². The van der Waals surface area contributed by atoms with Gasteiger partial charge >= 0.3 is 11.8 Å². The van der Waals surface area contributed by atoms with Crippen molar-refractivity contribution in [3.8, 4) is 0 Å². The van der Waals surface area contributed by atoms with Gasteiger partial charge in [-0.1, -0.05) is 39.1 Å². The number of amides is 2. The van der Waals surface area contributed by atoms with E-state index >= 15 is 0 Å². The molecular formula is C15H11BrCl2N2O2. The van der Waals surface area contributed by atoms with E-state index in [-0.39, 0.29) is 0 Å². The monoisotopic (exact) mass is 400 g/mol. The molecule has 0 heterocycles. The van der Waals surface area contributed by atoms with Crippen LogP contribution in [-0.4, -0.2) is 11.8 Å². The van der Waals surface area contributed by atoms with E-state index in [1.165, 1.54) is 18.2 Å². The van der Waals surface area contributed by atoms with Gasteiger partial charge in [-0.2, -0.15) is 0 Å². The first-order valence-electron chi connectivity index (χ1n) is 6.20. The molecule has 2 aromatic carbocycles. The number of rotatable bonds is 2. The number of hydrogen-bond acceptors (Lipinski definition) is 2. The van der Waals surface area contributed by atoms with E-state index in [1.54, 1.807) is 12.1 Å². The molecule has 0 aliphatic carbocycles. The van der Waals surface area contributed by atoms with Gasteiger partial charge in [-0.3, -0.25) is 9.59 Å².